The first-order chi connectivity index (χ1) is 27.0. The van der Waals surface area contributed by atoms with Crippen molar-refractivity contribution < 1.29 is 19.3 Å². The molecule has 0 spiro atoms. The van der Waals surface area contributed by atoms with Gasteiger partial charge in [-0.2, -0.15) is 0 Å². The van der Waals surface area contributed by atoms with E-state index < -0.39 is 47.0 Å². The molecule has 8 rings (SSSR count). The molecule has 1 fully saturated rings. The summed E-state index contributed by atoms with van der Waals surface area (Å²) in [5.41, 5.74) is 1.54. The highest BCUT2D eigenvalue weighted by Crippen LogP contribution is 2.46. The molecular weight excluding hydrogens is 689 g/mol. The van der Waals surface area contributed by atoms with Crippen LogP contribution < -0.4 is 11.2 Å². The number of aliphatic hydroxyl groups is 1. The maximum absolute atomic E-state index is 13.3. The van der Waals surface area contributed by atoms with Gasteiger partial charge in [-0.3, -0.25) is 14.3 Å². The van der Waals surface area contributed by atoms with Crippen LogP contribution in [0.15, 0.2) is 204 Å². The Morgan fingerprint density at radius 3 is 1.27 bits per heavy atom. The lowest BCUT2D eigenvalue weighted by Gasteiger charge is -2.41. The fraction of sp³-hybridized carbons (Fsp3) is 0.149. The van der Waals surface area contributed by atoms with Crippen molar-refractivity contribution in [2.45, 2.75) is 35.7 Å². The lowest BCUT2D eigenvalue weighted by molar-refractivity contribution is -0.131. The van der Waals surface area contributed by atoms with Gasteiger partial charge in [0.05, 0.1) is 6.61 Å². The minimum Gasteiger partial charge on any atom is -0.386 e. The van der Waals surface area contributed by atoms with Gasteiger partial charge < -0.3 is 19.3 Å². The second kappa shape index (κ2) is 15.7. The molecule has 0 bridgehead atoms. The Morgan fingerprint density at radius 1 is 0.545 bits per heavy atom. The molecular formula is C47H40N2O6. The molecule has 2 N–H and O–H groups in total. The zero-order chi connectivity index (χ0) is 37.7. The van der Waals surface area contributed by atoms with Gasteiger partial charge in [0.15, 0.2) is 6.23 Å². The third-order valence-corrected chi connectivity index (χ3v) is 10.3. The highest BCUT2D eigenvalue weighted by atomic mass is 16.6. The molecule has 0 aliphatic carbocycles. The first-order valence-electron chi connectivity index (χ1n) is 18.3. The minimum absolute atomic E-state index is 0.0660. The molecule has 0 amide bonds. The number of benzene rings is 6. The van der Waals surface area contributed by atoms with E-state index in [0.29, 0.717) is 0 Å². The highest BCUT2D eigenvalue weighted by molar-refractivity contribution is 5.49. The Labute approximate surface area is 318 Å². The lowest BCUT2D eigenvalue weighted by Crippen LogP contribution is -2.47. The van der Waals surface area contributed by atoms with Gasteiger partial charge in [0.25, 0.3) is 5.56 Å². The molecule has 0 saturated carbocycles. The third kappa shape index (κ3) is 6.77. The highest BCUT2D eigenvalue weighted by Gasteiger charge is 2.52. The maximum atomic E-state index is 13.3. The summed E-state index contributed by atoms with van der Waals surface area (Å²) in [6.07, 6.45) is -3.26. The molecule has 8 nitrogen and oxygen atoms in total. The molecule has 1 aliphatic rings. The second-order valence-corrected chi connectivity index (χ2v) is 13.5. The SMILES string of the molecule is O=c1ccn([C@@H]2O[C@H](COC(c3ccccc3)(c3ccccc3)c3ccccc3)[C@H](OC(c3ccccc3)(c3ccccc3)c3ccccc3)[C@@H]2O)c(=O)[nH]1. The Hall–Kier alpha value is -6.16. The molecule has 0 radical (unpaired) electrons. The van der Waals surface area contributed by atoms with Crippen molar-refractivity contribution in [3.63, 3.8) is 0 Å². The zero-order valence-electron chi connectivity index (χ0n) is 29.9. The summed E-state index contributed by atoms with van der Waals surface area (Å²) >= 11 is 0. The van der Waals surface area contributed by atoms with E-state index in [1.165, 1.54) is 16.8 Å². The van der Waals surface area contributed by atoms with Crippen LogP contribution in [0, 0.1) is 0 Å². The molecule has 2 heterocycles. The molecule has 55 heavy (non-hydrogen) atoms. The van der Waals surface area contributed by atoms with Crippen molar-refractivity contribution in [1.82, 2.24) is 9.55 Å². The summed E-state index contributed by atoms with van der Waals surface area (Å²) < 4.78 is 22.6. The number of rotatable bonds is 12. The van der Waals surface area contributed by atoms with E-state index in [1.807, 2.05) is 182 Å². The van der Waals surface area contributed by atoms with Gasteiger partial charge >= 0.3 is 5.69 Å². The van der Waals surface area contributed by atoms with E-state index >= 15 is 0 Å². The number of hydrogen-bond donors (Lipinski definition) is 2. The van der Waals surface area contributed by atoms with Crippen LogP contribution in [0.25, 0.3) is 0 Å². The van der Waals surface area contributed by atoms with Crippen LogP contribution in [0.3, 0.4) is 0 Å². The summed E-state index contributed by atoms with van der Waals surface area (Å²) in [5, 5.41) is 12.4. The number of nitrogens with one attached hydrogen (secondary N) is 1. The van der Waals surface area contributed by atoms with Crippen molar-refractivity contribution in [2.75, 3.05) is 6.61 Å². The summed E-state index contributed by atoms with van der Waals surface area (Å²) in [6.45, 7) is -0.0660. The van der Waals surface area contributed by atoms with Gasteiger partial charge in [0.1, 0.15) is 29.5 Å². The van der Waals surface area contributed by atoms with Crippen LogP contribution >= 0.6 is 0 Å². The van der Waals surface area contributed by atoms with Crippen molar-refractivity contribution >= 4 is 0 Å². The van der Waals surface area contributed by atoms with E-state index in [0.717, 1.165) is 33.4 Å². The largest absolute Gasteiger partial charge is 0.386 e. The standard InChI is InChI=1S/C47H40N2O6/c50-41-31-32-49(45(52)48-41)44-42(51)43(55-47(37-25-13-4-14-26-37,38-27-15-5-16-28-38)39-29-17-6-18-30-39)40(54-44)33-53-46(34-19-7-1-8-20-34,35-21-9-2-10-22-35)36-23-11-3-12-24-36/h1-32,40,42-44,51H,33H2,(H,48,50,52)/t40-,42+,43+,44-/m1/s1. The number of H-pyrrole nitrogens is 1. The molecule has 7 aromatic rings. The molecule has 274 valence electrons. The Balaban J connectivity index is 1.30. The summed E-state index contributed by atoms with van der Waals surface area (Å²) in [5.74, 6) is 0. The third-order valence-electron chi connectivity index (χ3n) is 10.3. The molecule has 1 saturated heterocycles. The average molecular weight is 729 g/mol. The van der Waals surface area contributed by atoms with Gasteiger partial charge in [-0.1, -0.05) is 182 Å². The number of nitrogens with zero attached hydrogens (tertiary/aromatic N) is 1. The Kier molecular flexibility index (Phi) is 10.2. The first-order valence-corrected chi connectivity index (χ1v) is 18.3. The number of ether oxygens (including phenoxy) is 3. The number of aromatic nitrogens is 2. The van der Waals surface area contributed by atoms with Crippen LogP contribution in [0.1, 0.15) is 39.6 Å². The van der Waals surface area contributed by atoms with Crippen LogP contribution in [0.4, 0.5) is 0 Å². The average Bonchev–Trinajstić information content (AvgIpc) is 3.55. The number of hydrogen-bond acceptors (Lipinski definition) is 6. The zero-order valence-corrected chi connectivity index (χ0v) is 29.9. The molecule has 1 aliphatic heterocycles. The van der Waals surface area contributed by atoms with Crippen molar-refractivity contribution in [3.05, 3.63) is 248 Å². The Bertz CT molecular complexity index is 2210. The molecule has 4 atom stereocenters. The van der Waals surface area contributed by atoms with E-state index in [4.69, 9.17) is 14.2 Å². The van der Waals surface area contributed by atoms with Gasteiger partial charge in [0.2, 0.25) is 0 Å². The monoisotopic (exact) mass is 728 g/mol. The molecule has 8 heteroatoms. The van der Waals surface area contributed by atoms with E-state index in [1.54, 1.807) is 0 Å². The lowest BCUT2D eigenvalue weighted by atomic mass is 9.79. The smallest absolute Gasteiger partial charge is 0.330 e. The van der Waals surface area contributed by atoms with Crippen LogP contribution in [-0.2, 0) is 25.4 Å². The van der Waals surface area contributed by atoms with Crippen LogP contribution in [-0.4, -0.2) is 39.6 Å². The topological polar surface area (TPSA) is 103 Å². The predicted octanol–water partition coefficient (Wildman–Crippen LogP) is 7.18. The summed E-state index contributed by atoms with van der Waals surface area (Å²) in [6, 6.07) is 60.8. The molecule has 6 aromatic carbocycles. The maximum Gasteiger partial charge on any atom is 0.330 e. The van der Waals surface area contributed by atoms with Crippen LogP contribution in [0.2, 0.25) is 0 Å². The van der Waals surface area contributed by atoms with Gasteiger partial charge in [-0.05, 0) is 33.4 Å². The van der Waals surface area contributed by atoms with Crippen molar-refractivity contribution in [3.8, 4) is 0 Å². The van der Waals surface area contributed by atoms with Gasteiger partial charge in [-0.25, -0.2) is 4.79 Å². The fourth-order valence-electron chi connectivity index (χ4n) is 7.76. The fourth-order valence-corrected chi connectivity index (χ4v) is 7.76. The van der Waals surface area contributed by atoms with Gasteiger partial charge in [0, 0.05) is 12.3 Å². The first kappa shape index (κ1) is 35.8. The number of aromatic amines is 1. The normalized spacial score (nSPS) is 18.6. The van der Waals surface area contributed by atoms with Crippen molar-refractivity contribution in [1.29, 1.82) is 0 Å². The summed E-state index contributed by atoms with van der Waals surface area (Å²) in [4.78, 5) is 27.7. The molecule has 1 aromatic heterocycles. The quantitative estimate of drug-likeness (QED) is 0.129. The van der Waals surface area contributed by atoms with E-state index in [9.17, 15) is 14.7 Å². The predicted molar refractivity (Wildman–Crippen MR) is 210 cm³/mol. The Morgan fingerprint density at radius 2 is 0.909 bits per heavy atom. The minimum atomic E-state index is -1.38. The van der Waals surface area contributed by atoms with Crippen molar-refractivity contribution in [2.24, 2.45) is 0 Å². The molecule has 0 unspecified atom stereocenters. The van der Waals surface area contributed by atoms with E-state index in [2.05, 4.69) is 4.98 Å². The summed E-state index contributed by atoms with van der Waals surface area (Å²) in [7, 11) is 0. The second-order valence-electron chi connectivity index (χ2n) is 13.5. The number of aliphatic hydroxyl groups excluding tert-OH is 1. The van der Waals surface area contributed by atoms with E-state index in [-0.39, 0.29) is 6.61 Å². The van der Waals surface area contributed by atoms with Gasteiger partial charge in [-0.15, -0.1) is 0 Å². The van der Waals surface area contributed by atoms with Crippen LogP contribution in [0.5, 0.6) is 0 Å².